The van der Waals surface area contributed by atoms with Crippen LogP contribution in [0, 0.1) is 0 Å². The molecule has 0 aliphatic heterocycles. The second-order valence-electron chi connectivity index (χ2n) is 10.9. The maximum Gasteiger partial charge on any atom is 0.435 e. The van der Waals surface area contributed by atoms with Gasteiger partial charge in [0.25, 0.3) is 5.91 Å². The summed E-state index contributed by atoms with van der Waals surface area (Å²) < 4.78 is 21.5. The summed E-state index contributed by atoms with van der Waals surface area (Å²) in [7, 11) is 0. The molecule has 9 heteroatoms. The number of para-hydroxylation sites is 1. The van der Waals surface area contributed by atoms with Crippen LogP contribution >= 0.6 is 0 Å². The van der Waals surface area contributed by atoms with E-state index in [2.05, 4.69) is 15.0 Å². The molecule has 3 aromatic rings. The maximum atomic E-state index is 14.1. The quantitative estimate of drug-likeness (QED) is 0.469. The minimum Gasteiger partial charge on any atom is -0.442 e. The highest BCUT2D eigenvalue weighted by Crippen LogP contribution is 2.34. The number of halogens is 1. The summed E-state index contributed by atoms with van der Waals surface area (Å²) in [6, 6.07) is 5.75. The molecule has 36 heavy (non-hydrogen) atoms. The number of hydrogen-bond acceptors (Lipinski definition) is 5. The SMILES string of the molecule is CC(C)(C)OC(=O)n1cc2c(n1)CCCC(N(C(=O)c1cccc3c1ncn3CCF)C1CCC1)C2. The van der Waals surface area contributed by atoms with Gasteiger partial charge in [0, 0.05) is 18.3 Å². The number of ether oxygens (including phenoxy) is 1. The molecule has 192 valence electrons. The summed E-state index contributed by atoms with van der Waals surface area (Å²) in [6.07, 6.45) is 9.13. The van der Waals surface area contributed by atoms with Gasteiger partial charge in [-0.3, -0.25) is 4.79 Å². The first-order valence-electron chi connectivity index (χ1n) is 12.9. The Morgan fingerprint density at radius 2 is 1.94 bits per heavy atom. The van der Waals surface area contributed by atoms with Gasteiger partial charge in [0.15, 0.2) is 0 Å². The van der Waals surface area contributed by atoms with E-state index in [1.54, 1.807) is 17.1 Å². The van der Waals surface area contributed by atoms with Gasteiger partial charge in [0.2, 0.25) is 0 Å². The third kappa shape index (κ3) is 4.75. The van der Waals surface area contributed by atoms with E-state index in [-0.39, 0.29) is 24.5 Å². The molecule has 2 aromatic heterocycles. The van der Waals surface area contributed by atoms with E-state index >= 15 is 0 Å². The van der Waals surface area contributed by atoms with Gasteiger partial charge in [0.1, 0.15) is 17.8 Å². The fourth-order valence-electron chi connectivity index (χ4n) is 5.29. The summed E-state index contributed by atoms with van der Waals surface area (Å²) in [5, 5.41) is 4.53. The first-order valence-corrected chi connectivity index (χ1v) is 12.9. The number of fused-ring (bicyclic) bond motifs is 2. The van der Waals surface area contributed by atoms with Gasteiger partial charge in [-0.15, -0.1) is 0 Å². The Balaban J connectivity index is 1.44. The fraction of sp³-hybridized carbons (Fsp3) is 0.556. The molecule has 8 nitrogen and oxygen atoms in total. The lowest BCUT2D eigenvalue weighted by Gasteiger charge is -2.42. The van der Waals surface area contributed by atoms with E-state index < -0.39 is 18.4 Å². The van der Waals surface area contributed by atoms with E-state index in [1.807, 2.05) is 39.0 Å². The monoisotopic (exact) mass is 495 g/mol. The molecule has 0 spiro atoms. The normalized spacial score (nSPS) is 18.4. The second kappa shape index (κ2) is 9.67. The zero-order valence-electron chi connectivity index (χ0n) is 21.2. The second-order valence-corrected chi connectivity index (χ2v) is 10.9. The molecule has 2 aliphatic rings. The van der Waals surface area contributed by atoms with Gasteiger partial charge in [-0.1, -0.05) is 6.07 Å². The van der Waals surface area contributed by atoms with Gasteiger partial charge in [0.05, 0.1) is 29.6 Å². The van der Waals surface area contributed by atoms with Crippen molar-refractivity contribution in [2.24, 2.45) is 0 Å². The molecule has 0 radical (unpaired) electrons. The molecule has 1 amide bonds. The Labute approximate surface area is 210 Å². The van der Waals surface area contributed by atoms with Crippen molar-refractivity contribution in [3.8, 4) is 0 Å². The van der Waals surface area contributed by atoms with Gasteiger partial charge in [-0.2, -0.15) is 9.78 Å². The predicted molar refractivity (Wildman–Crippen MR) is 134 cm³/mol. The molecule has 1 saturated carbocycles. The van der Waals surface area contributed by atoms with Crippen molar-refractivity contribution >= 4 is 23.0 Å². The zero-order valence-corrected chi connectivity index (χ0v) is 21.2. The van der Waals surface area contributed by atoms with Crippen molar-refractivity contribution in [3.63, 3.8) is 0 Å². The minimum absolute atomic E-state index is 0.00326. The highest BCUT2D eigenvalue weighted by atomic mass is 19.1. The van der Waals surface area contributed by atoms with Crippen molar-refractivity contribution in [3.05, 3.63) is 47.5 Å². The van der Waals surface area contributed by atoms with Crippen molar-refractivity contribution in [1.29, 1.82) is 0 Å². The smallest absolute Gasteiger partial charge is 0.435 e. The Bertz CT molecular complexity index is 1270. The Morgan fingerprint density at radius 3 is 2.64 bits per heavy atom. The number of alkyl halides is 1. The van der Waals surface area contributed by atoms with Crippen LogP contribution in [0.15, 0.2) is 30.7 Å². The Morgan fingerprint density at radius 1 is 1.17 bits per heavy atom. The van der Waals surface area contributed by atoms with Gasteiger partial charge < -0.3 is 14.2 Å². The molecule has 5 rings (SSSR count). The van der Waals surface area contributed by atoms with Gasteiger partial charge >= 0.3 is 6.09 Å². The van der Waals surface area contributed by atoms with Crippen LogP contribution in [-0.4, -0.2) is 60.6 Å². The lowest BCUT2D eigenvalue weighted by molar-refractivity contribution is 0.0422. The largest absolute Gasteiger partial charge is 0.442 e. The third-order valence-corrected chi connectivity index (χ3v) is 7.17. The predicted octanol–water partition coefficient (Wildman–Crippen LogP) is 4.93. The first-order chi connectivity index (χ1) is 17.2. The maximum absolute atomic E-state index is 14.1. The summed E-state index contributed by atoms with van der Waals surface area (Å²) in [5.41, 5.74) is 3.24. The van der Waals surface area contributed by atoms with Gasteiger partial charge in [-0.05, 0) is 83.4 Å². The number of carbonyl (C=O) groups excluding carboxylic acids is 2. The first kappa shape index (κ1) is 24.5. The molecule has 2 aliphatic carbocycles. The third-order valence-electron chi connectivity index (χ3n) is 7.17. The Kier molecular flexibility index (Phi) is 6.57. The average molecular weight is 496 g/mol. The molecule has 1 aromatic carbocycles. The van der Waals surface area contributed by atoms with Crippen LogP contribution in [0.4, 0.5) is 9.18 Å². The van der Waals surface area contributed by atoms with Crippen molar-refractivity contribution < 1.29 is 18.7 Å². The highest BCUT2D eigenvalue weighted by Gasteiger charge is 2.37. The number of carbonyl (C=O) groups is 2. The van der Waals surface area contributed by atoms with Crippen LogP contribution in [0.3, 0.4) is 0 Å². The van der Waals surface area contributed by atoms with Gasteiger partial charge in [-0.25, -0.2) is 14.2 Å². The number of rotatable bonds is 5. The highest BCUT2D eigenvalue weighted by molar-refractivity contribution is 6.05. The molecule has 0 saturated heterocycles. The minimum atomic E-state index is -0.603. The van der Waals surface area contributed by atoms with Crippen LogP contribution in [0.25, 0.3) is 11.0 Å². The molecule has 0 N–H and O–H groups in total. The molecular formula is C27H34FN5O3. The van der Waals surface area contributed by atoms with Crippen LogP contribution in [0.2, 0.25) is 0 Å². The van der Waals surface area contributed by atoms with Crippen molar-refractivity contribution in [2.75, 3.05) is 6.67 Å². The van der Waals surface area contributed by atoms with Crippen LogP contribution in [-0.2, 0) is 24.1 Å². The van der Waals surface area contributed by atoms with E-state index in [0.717, 1.165) is 55.3 Å². The summed E-state index contributed by atoms with van der Waals surface area (Å²) >= 11 is 0. The molecule has 1 unspecified atom stereocenters. The van der Waals surface area contributed by atoms with Crippen LogP contribution in [0.5, 0.6) is 0 Å². The van der Waals surface area contributed by atoms with Crippen molar-refractivity contribution in [2.45, 2.75) is 89.9 Å². The number of imidazole rings is 1. The van der Waals surface area contributed by atoms with E-state index in [0.29, 0.717) is 17.5 Å². The Hall–Kier alpha value is -3.23. The zero-order chi connectivity index (χ0) is 25.4. The summed E-state index contributed by atoms with van der Waals surface area (Å²) in [6.45, 7) is 5.22. The topological polar surface area (TPSA) is 82.2 Å². The van der Waals surface area contributed by atoms with E-state index in [4.69, 9.17) is 4.74 Å². The van der Waals surface area contributed by atoms with Crippen molar-refractivity contribution in [1.82, 2.24) is 24.2 Å². The number of nitrogens with zero attached hydrogens (tertiary/aromatic N) is 5. The van der Waals surface area contributed by atoms with Crippen LogP contribution in [0.1, 0.15) is 74.5 Å². The fourth-order valence-corrected chi connectivity index (χ4v) is 5.29. The average Bonchev–Trinajstić information content (AvgIpc) is 3.33. The molecular weight excluding hydrogens is 461 g/mol. The molecule has 0 bridgehead atoms. The summed E-state index contributed by atoms with van der Waals surface area (Å²) in [5.74, 6) is -0.0243. The standard InChI is InChI=1S/C27H34FN5O3/c1-27(2,3)36-26(35)32-16-18-15-20(9-5-11-22(18)30-32)33(19-7-4-8-19)25(34)21-10-6-12-23-24(21)29-17-31(23)14-13-28/h6,10,12,16-17,19-20H,4-5,7-9,11,13-15H2,1-3H3. The number of benzene rings is 1. The number of amides is 1. The van der Waals surface area contributed by atoms with E-state index in [9.17, 15) is 14.0 Å². The summed E-state index contributed by atoms with van der Waals surface area (Å²) in [4.78, 5) is 33.2. The number of aryl methyl sites for hydroxylation is 2. The van der Waals surface area contributed by atoms with E-state index in [1.165, 1.54) is 4.68 Å². The molecule has 1 fully saturated rings. The molecule has 1 atom stereocenters. The number of hydrogen-bond donors (Lipinski definition) is 0. The molecule has 2 heterocycles. The van der Waals surface area contributed by atoms with Crippen LogP contribution < -0.4 is 0 Å². The lowest BCUT2D eigenvalue weighted by atomic mass is 9.88. The number of aromatic nitrogens is 4. The lowest BCUT2D eigenvalue weighted by Crippen LogP contribution is -2.51.